The largest absolute Gasteiger partial charge is 0.508 e. The van der Waals surface area contributed by atoms with Crippen molar-refractivity contribution in [1.82, 2.24) is 9.80 Å². The van der Waals surface area contributed by atoms with Crippen LogP contribution in [0.25, 0.3) is 0 Å². The molecule has 3 aliphatic rings. The highest BCUT2D eigenvalue weighted by atomic mass is 16.3. The second kappa shape index (κ2) is 5.29. The molecule has 4 rings (SSSR count). The molecule has 3 unspecified atom stereocenters. The third-order valence-electron chi connectivity index (χ3n) is 6.03. The van der Waals surface area contributed by atoms with Crippen molar-refractivity contribution >= 4 is 0 Å². The van der Waals surface area contributed by atoms with Gasteiger partial charge >= 0.3 is 0 Å². The number of hydrogen-bond donors (Lipinski definition) is 1. The number of hydrogen-bond acceptors (Lipinski definition) is 3. The molecule has 1 aliphatic carbocycles. The highest BCUT2D eigenvalue weighted by Crippen LogP contribution is 2.39. The fraction of sp³-hybridized carbons (Fsp3) is 0.667. The quantitative estimate of drug-likeness (QED) is 0.860. The van der Waals surface area contributed by atoms with Crippen LogP contribution in [0.5, 0.6) is 5.75 Å². The van der Waals surface area contributed by atoms with Gasteiger partial charge in [-0.3, -0.25) is 9.80 Å². The van der Waals surface area contributed by atoms with Gasteiger partial charge in [-0.2, -0.15) is 0 Å². The van der Waals surface area contributed by atoms with E-state index in [1.807, 2.05) is 12.1 Å². The monoisotopic (exact) mass is 286 g/mol. The fourth-order valence-electron chi connectivity index (χ4n) is 4.76. The zero-order chi connectivity index (χ0) is 14.4. The summed E-state index contributed by atoms with van der Waals surface area (Å²) in [6.45, 7) is 2.41. The second-order valence-corrected chi connectivity index (χ2v) is 7.13. The van der Waals surface area contributed by atoms with Gasteiger partial charge in [-0.1, -0.05) is 6.07 Å². The molecule has 2 bridgehead atoms. The number of phenolic OH excluding ortho intramolecular Hbond substituents is 1. The number of aryl methyl sites for hydroxylation is 1. The van der Waals surface area contributed by atoms with Crippen molar-refractivity contribution in [2.75, 3.05) is 20.1 Å². The Labute approximate surface area is 127 Å². The number of benzene rings is 1. The Balaban J connectivity index is 1.61. The molecule has 0 spiro atoms. The van der Waals surface area contributed by atoms with Gasteiger partial charge in [0.1, 0.15) is 5.75 Å². The van der Waals surface area contributed by atoms with Gasteiger partial charge in [0.25, 0.3) is 0 Å². The van der Waals surface area contributed by atoms with E-state index < -0.39 is 0 Å². The highest BCUT2D eigenvalue weighted by Gasteiger charge is 2.37. The zero-order valence-electron chi connectivity index (χ0n) is 13.0. The summed E-state index contributed by atoms with van der Waals surface area (Å²) in [5.41, 5.74) is 2.84. The third kappa shape index (κ3) is 2.36. The van der Waals surface area contributed by atoms with Crippen LogP contribution in [0.1, 0.15) is 49.3 Å². The Morgan fingerprint density at radius 2 is 1.95 bits per heavy atom. The van der Waals surface area contributed by atoms with Crippen LogP contribution >= 0.6 is 0 Å². The van der Waals surface area contributed by atoms with Crippen LogP contribution in [0.3, 0.4) is 0 Å². The van der Waals surface area contributed by atoms with Gasteiger partial charge in [-0.15, -0.1) is 0 Å². The van der Waals surface area contributed by atoms with Crippen LogP contribution in [0, 0.1) is 0 Å². The first-order chi connectivity index (χ1) is 10.2. The molecule has 1 N–H and O–H groups in total. The molecular formula is C18H26N2O. The number of nitrogens with zero attached hydrogens (tertiary/aromatic N) is 2. The third-order valence-corrected chi connectivity index (χ3v) is 6.03. The molecule has 1 aromatic carbocycles. The minimum Gasteiger partial charge on any atom is -0.508 e. The predicted molar refractivity (Wildman–Crippen MR) is 84.5 cm³/mol. The maximum Gasteiger partial charge on any atom is 0.115 e. The van der Waals surface area contributed by atoms with Crippen molar-refractivity contribution in [2.45, 2.75) is 56.7 Å². The summed E-state index contributed by atoms with van der Waals surface area (Å²) in [4.78, 5) is 5.32. The molecule has 2 fully saturated rings. The van der Waals surface area contributed by atoms with Gasteiger partial charge in [0.15, 0.2) is 0 Å². The number of likely N-dealkylation sites (N-methyl/N-ethyl adjacent to an activating group) is 1. The maximum atomic E-state index is 9.88. The maximum absolute atomic E-state index is 9.88. The van der Waals surface area contributed by atoms with Crippen molar-refractivity contribution in [3.8, 4) is 5.75 Å². The van der Waals surface area contributed by atoms with Crippen LogP contribution in [0.2, 0.25) is 0 Å². The lowest BCUT2D eigenvalue weighted by molar-refractivity contribution is 0.157. The number of phenols is 1. The smallest absolute Gasteiger partial charge is 0.115 e. The van der Waals surface area contributed by atoms with Gasteiger partial charge in [-0.05, 0) is 68.8 Å². The van der Waals surface area contributed by atoms with E-state index in [4.69, 9.17) is 0 Å². The molecule has 21 heavy (non-hydrogen) atoms. The molecule has 2 aliphatic heterocycles. The summed E-state index contributed by atoms with van der Waals surface area (Å²) in [5.74, 6) is 0.425. The van der Waals surface area contributed by atoms with Crippen LogP contribution < -0.4 is 0 Å². The molecule has 0 aromatic heterocycles. The van der Waals surface area contributed by atoms with Gasteiger partial charge in [0, 0.05) is 31.2 Å². The average Bonchev–Trinajstić information content (AvgIpc) is 2.72. The standard InChI is InChI=1S/C18H26N2O/c1-19-14-6-7-15(19)12-20(10-9-14)18-4-2-3-13-5-8-16(21)11-17(13)18/h5,8,11,14-15,18,21H,2-4,6-7,9-10,12H2,1H3. The average molecular weight is 286 g/mol. The molecule has 114 valence electrons. The zero-order valence-corrected chi connectivity index (χ0v) is 13.0. The van der Waals surface area contributed by atoms with Crippen molar-refractivity contribution in [3.63, 3.8) is 0 Å². The van der Waals surface area contributed by atoms with E-state index in [9.17, 15) is 5.11 Å². The Morgan fingerprint density at radius 1 is 1.10 bits per heavy atom. The van der Waals surface area contributed by atoms with Crippen LogP contribution in [0.4, 0.5) is 0 Å². The molecule has 0 radical (unpaired) electrons. The van der Waals surface area contributed by atoms with Gasteiger partial charge in [0.2, 0.25) is 0 Å². The molecule has 1 aromatic rings. The topological polar surface area (TPSA) is 26.7 Å². The molecule has 2 saturated heterocycles. The molecule has 0 saturated carbocycles. The Morgan fingerprint density at radius 3 is 2.86 bits per heavy atom. The van der Waals surface area contributed by atoms with Gasteiger partial charge in [0.05, 0.1) is 0 Å². The minimum absolute atomic E-state index is 0.425. The SMILES string of the molecule is CN1C2CCC1CN(C1CCCc3ccc(O)cc31)CC2. The van der Waals surface area contributed by atoms with Crippen LogP contribution in [-0.2, 0) is 6.42 Å². The minimum atomic E-state index is 0.425. The first-order valence-corrected chi connectivity index (χ1v) is 8.50. The van der Waals surface area contributed by atoms with E-state index in [0.717, 1.165) is 12.1 Å². The Kier molecular flexibility index (Phi) is 3.43. The van der Waals surface area contributed by atoms with E-state index >= 15 is 0 Å². The van der Waals surface area contributed by atoms with Gasteiger partial charge in [-0.25, -0.2) is 0 Å². The van der Waals surface area contributed by atoms with Gasteiger partial charge < -0.3 is 5.11 Å². The van der Waals surface area contributed by atoms with Crippen LogP contribution in [-0.4, -0.2) is 47.1 Å². The first kappa shape index (κ1) is 13.6. The van der Waals surface area contributed by atoms with E-state index in [1.165, 1.54) is 62.7 Å². The van der Waals surface area contributed by atoms with Crippen LogP contribution in [0.15, 0.2) is 18.2 Å². The van der Waals surface area contributed by atoms with Crippen molar-refractivity contribution in [3.05, 3.63) is 29.3 Å². The lowest BCUT2D eigenvalue weighted by Gasteiger charge is -2.37. The summed E-state index contributed by atoms with van der Waals surface area (Å²) >= 11 is 0. The first-order valence-electron chi connectivity index (χ1n) is 8.50. The number of rotatable bonds is 1. The molecule has 3 heteroatoms. The van der Waals surface area contributed by atoms with E-state index in [0.29, 0.717) is 11.8 Å². The highest BCUT2D eigenvalue weighted by molar-refractivity contribution is 5.38. The number of fused-ring (bicyclic) bond motifs is 3. The predicted octanol–water partition coefficient (Wildman–Crippen LogP) is 2.94. The fourth-order valence-corrected chi connectivity index (χ4v) is 4.76. The lowest BCUT2D eigenvalue weighted by atomic mass is 9.86. The summed E-state index contributed by atoms with van der Waals surface area (Å²) in [7, 11) is 2.31. The molecule has 3 atom stereocenters. The molecule has 0 amide bonds. The normalized spacial score (nSPS) is 33.7. The number of aromatic hydroxyl groups is 1. The summed E-state index contributed by atoms with van der Waals surface area (Å²) in [6.07, 6.45) is 7.75. The number of likely N-dealkylation sites (tertiary alicyclic amines) is 1. The van der Waals surface area contributed by atoms with E-state index in [1.54, 1.807) is 0 Å². The molecule has 2 heterocycles. The Hall–Kier alpha value is -1.06. The van der Waals surface area contributed by atoms with Crippen molar-refractivity contribution in [1.29, 1.82) is 0 Å². The second-order valence-electron chi connectivity index (χ2n) is 7.13. The lowest BCUT2D eigenvalue weighted by Crippen LogP contribution is -2.39. The summed E-state index contributed by atoms with van der Waals surface area (Å²) in [6, 6.07) is 8.05. The van der Waals surface area contributed by atoms with Crippen molar-refractivity contribution < 1.29 is 5.11 Å². The summed E-state index contributed by atoms with van der Waals surface area (Å²) < 4.78 is 0. The summed E-state index contributed by atoms with van der Waals surface area (Å²) in [5, 5.41) is 9.88. The van der Waals surface area contributed by atoms with E-state index in [-0.39, 0.29) is 0 Å². The van der Waals surface area contributed by atoms with E-state index in [2.05, 4.69) is 22.9 Å². The molecular weight excluding hydrogens is 260 g/mol. The van der Waals surface area contributed by atoms with Crippen molar-refractivity contribution in [2.24, 2.45) is 0 Å². The molecule has 3 nitrogen and oxygen atoms in total. The Bertz CT molecular complexity index is 530.